The van der Waals surface area contributed by atoms with Gasteiger partial charge in [-0.3, -0.25) is 19.8 Å². The second-order valence-electron chi connectivity index (χ2n) is 8.57. The second-order valence-corrected chi connectivity index (χ2v) is 8.57. The first-order valence-electron chi connectivity index (χ1n) is 11.1. The highest BCUT2D eigenvalue weighted by molar-refractivity contribution is 6.00. The highest BCUT2D eigenvalue weighted by Gasteiger charge is 2.36. The van der Waals surface area contributed by atoms with Crippen molar-refractivity contribution in [1.82, 2.24) is 10.2 Å². The molecule has 5 nitrogen and oxygen atoms in total. The zero-order valence-electron chi connectivity index (χ0n) is 17.5. The van der Waals surface area contributed by atoms with E-state index in [1.165, 1.54) is 0 Å². The normalized spacial score (nSPS) is 23.2. The van der Waals surface area contributed by atoms with Gasteiger partial charge in [-0.1, -0.05) is 43.5 Å². The molecular formula is C23H33F2N3O2. The number of nitrogens with one attached hydrogen (secondary N) is 1. The summed E-state index contributed by atoms with van der Waals surface area (Å²) >= 11 is 0. The van der Waals surface area contributed by atoms with E-state index in [-0.39, 0.29) is 36.6 Å². The molecule has 2 atom stereocenters. The summed E-state index contributed by atoms with van der Waals surface area (Å²) in [6, 6.07) is 8.06. The third-order valence-electron chi connectivity index (χ3n) is 6.36. The van der Waals surface area contributed by atoms with E-state index in [2.05, 4.69) is 10.2 Å². The van der Waals surface area contributed by atoms with Gasteiger partial charge in [-0.25, -0.2) is 8.78 Å². The molecule has 2 unspecified atom stereocenters. The van der Waals surface area contributed by atoms with Gasteiger partial charge in [0.2, 0.25) is 11.8 Å². The van der Waals surface area contributed by atoms with Crippen LogP contribution in [0.2, 0.25) is 0 Å². The largest absolute Gasteiger partial charge is 0.330 e. The molecule has 2 saturated heterocycles. The maximum atomic E-state index is 13.7. The molecule has 2 heterocycles. The molecule has 0 bridgehead atoms. The van der Waals surface area contributed by atoms with E-state index in [9.17, 15) is 18.4 Å². The van der Waals surface area contributed by atoms with Crippen LogP contribution in [-0.2, 0) is 9.59 Å². The fourth-order valence-corrected chi connectivity index (χ4v) is 4.52. The van der Waals surface area contributed by atoms with Gasteiger partial charge in [-0.15, -0.1) is 0 Å². The molecule has 2 fully saturated rings. The summed E-state index contributed by atoms with van der Waals surface area (Å²) in [5.41, 5.74) is 7.58. The van der Waals surface area contributed by atoms with Gasteiger partial charge in [-0.2, -0.15) is 0 Å². The molecular weight excluding hydrogens is 388 g/mol. The Labute approximate surface area is 177 Å². The van der Waals surface area contributed by atoms with Crippen LogP contribution in [-0.4, -0.2) is 42.3 Å². The average molecular weight is 422 g/mol. The number of alkyl halides is 2. The number of nitrogens with zero attached hydrogens (tertiary/aromatic N) is 1. The smallest absolute Gasteiger partial charge is 0.250 e. The lowest BCUT2D eigenvalue weighted by molar-refractivity contribution is -0.134. The van der Waals surface area contributed by atoms with Crippen molar-refractivity contribution in [1.29, 1.82) is 0 Å². The zero-order chi connectivity index (χ0) is 21.6. The fraction of sp³-hybridized carbons (Fsp3) is 0.652. The minimum atomic E-state index is -2.56. The zero-order valence-corrected chi connectivity index (χ0v) is 17.5. The maximum absolute atomic E-state index is 13.7. The van der Waals surface area contributed by atoms with Crippen LogP contribution in [0.25, 0.3) is 0 Å². The molecule has 2 amide bonds. The number of carbonyl (C=O) groups excluding carboxylic acids is 2. The van der Waals surface area contributed by atoms with Crippen LogP contribution in [0.3, 0.4) is 0 Å². The molecule has 3 N–H and O–H groups in total. The summed E-state index contributed by atoms with van der Waals surface area (Å²) in [7, 11) is 0. The third-order valence-corrected chi connectivity index (χ3v) is 6.36. The summed E-state index contributed by atoms with van der Waals surface area (Å²) in [5.74, 6) is -3.32. The Bertz CT molecular complexity index is 714. The van der Waals surface area contributed by atoms with E-state index >= 15 is 0 Å². The van der Waals surface area contributed by atoms with Gasteiger partial charge >= 0.3 is 0 Å². The number of rotatable bonds is 9. The summed E-state index contributed by atoms with van der Waals surface area (Å²) in [5, 5.41) is 2.40. The van der Waals surface area contributed by atoms with Gasteiger partial charge in [0.15, 0.2) is 0 Å². The van der Waals surface area contributed by atoms with E-state index in [0.717, 1.165) is 43.2 Å². The van der Waals surface area contributed by atoms with Crippen molar-refractivity contribution >= 4 is 11.8 Å². The predicted molar refractivity (Wildman–Crippen MR) is 112 cm³/mol. The van der Waals surface area contributed by atoms with Gasteiger partial charge in [0.1, 0.15) is 0 Å². The first kappa shape index (κ1) is 22.8. The number of carbonyl (C=O) groups is 2. The van der Waals surface area contributed by atoms with Crippen LogP contribution in [0.1, 0.15) is 80.9 Å². The van der Waals surface area contributed by atoms with Crippen LogP contribution in [0.4, 0.5) is 8.78 Å². The standard InChI is InChI=1S/C23H33F2N3O2/c24-23(25)12-15-28(16-13-23)20(5-3-1-2-4-14-26)18-8-6-17(7-9-18)19-10-11-21(29)27-22(19)30/h6-9,19-20H,1-5,10-16,26H2,(H,27,29,30). The Morgan fingerprint density at radius 1 is 1.07 bits per heavy atom. The number of piperidine rings is 2. The Hall–Kier alpha value is -1.86. The summed E-state index contributed by atoms with van der Waals surface area (Å²) in [4.78, 5) is 25.7. The summed E-state index contributed by atoms with van der Waals surface area (Å²) < 4.78 is 27.3. The van der Waals surface area contributed by atoms with Crippen molar-refractivity contribution in [2.24, 2.45) is 5.73 Å². The minimum absolute atomic E-state index is 0.0922. The molecule has 166 valence electrons. The van der Waals surface area contributed by atoms with Crippen molar-refractivity contribution in [3.63, 3.8) is 0 Å². The van der Waals surface area contributed by atoms with Gasteiger partial charge in [0, 0.05) is 38.4 Å². The molecule has 0 saturated carbocycles. The molecule has 1 aromatic rings. The Balaban J connectivity index is 1.68. The van der Waals surface area contributed by atoms with Gasteiger partial charge < -0.3 is 5.73 Å². The number of hydrogen-bond acceptors (Lipinski definition) is 4. The predicted octanol–water partition coefficient (Wildman–Crippen LogP) is 3.89. The van der Waals surface area contributed by atoms with Gasteiger partial charge in [0.05, 0.1) is 5.92 Å². The van der Waals surface area contributed by atoms with E-state index in [1.54, 1.807) is 0 Å². The average Bonchev–Trinajstić information content (AvgIpc) is 2.72. The third kappa shape index (κ3) is 6.08. The van der Waals surface area contributed by atoms with Crippen LogP contribution < -0.4 is 11.1 Å². The van der Waals surface area contributed by atoms with Crippen LogP contribution in [0, 0.1) is 0 Å². The number of halogens is 2. The number of hydrogen-bond donors (Lipinski definition) is 2. The van der Waals surface area contributed by atoms with Gasteiger partial charge in [0.25, 0.3) is 5.92 Å². The molecule has 0 aliphatic carbocycles. The number of likely N-dealkylation sites (tertiary alicyclic amines) is 1. The molecule has 2 aliphatic rings. The van der Waals surface area contributed by atoms with E-state index in [0.29, 0.717) is 32.5 Å². The first-order chi connectivity index (χ1) is 14.4. The van der Waals surface area contributed by atoms with Crippen LogP contribution in [0.15, 0.2) is 24.3 Å². The molecule has 1 aromatic carbocycles. The first-order valence-corrected chi connectivity index (χ1v) is 11.1. The number of benzene rings is 1. The fourth-order valence-electron chi connectivity index (χ4n) is 4.52. The molecule has 7 heteroatoms. The number of imide groups is 1. The Morgan fingerprint density at radius 2 is 1.73 bits per heavy atom. The molecule has 2 aliphatic heterocycles. The summed E-state index contributed by atoms with van der Waals surface area (Å²) in [6.45, 7) is 1.50. The molecule has 3 rings (SSSR count). The SMILES string of the molecule is NCCCCCCC(c1ccc(C2CCC(=O)NC2=O)cc1)N1CCC(F)(F)CC1. The van der Waals surface area contributed by atoms with E-state index in [1.807, 2.05) is 24.3 Å². The van der Waals surface area contributed by atoms with Crippen molar-refractivity contribution in [2.45, 2.75) is 75.7 Å². The monoisotopic (exact) mass is 421 g/mol. The van der Waals surface area contributed by atoms with E-state index in [4.69, 9.17) is 5.73 Å². The molecule has 0 aromatic heterocycles. The summed E-state index contributed by atoms with van der Waals surface area (Å²) in [6.07, 6.45) is 5.85. The highest BCUT2D eigenvalue weighted by atomic mass is 19.3. The minimum Gasteiger partial charge on any atom is -0.330 e. The van der Waals surface area contributed by atoms with Crippen LogP contribution >= 0.6 is 0 Å². The van der Waals surface area contributed by atoms with E-state index < -0.39 is 5.92 Å². The van der Waals surface area contributed by atoms with Crippen molar-refractivity contribution in [3.8, 4) is 0 Å². The Morgan fingerprint density at radius 3 is 2.37 bits per heavy atom. The lowest BCUT2D eigenvalue weighted by atomic mass is 9.88. The highest BCUT2D eigenvalue weighted by Crippen LogP contribution is 2.35. The van der Waals surface area contributed by atoms with Crippen molar-refractivity contribution < 1.29 is 18.4 Å². The van der Waals surface area contributed by atoms with Crippen molar-refractivity contribution in [3.05, 3.63) is 35.4 Å². The van der Waals surface area contributed by atoms with Crippen molar-refractivity contribution in [2.75, 3.05) is 19.6 Å². The maximum Gasteiger partial charge on any atom is 0.250 e. The Kier molecular flexibility index (Phi) is 7.94. The molecule has 30 heavy (non-hydrogen) atoms. The molecule has 0 radical (unpaired) electrons. The molecule has 0 spiro atoms. The number of unbranched alkanes of at least 4 members (excludes halogenated alkanes) is 3. The number of nitrogens with two attached hydrogens (primary N) is 1. The topological polar surface area (TPSA) is 75.4 Å². The number of amides is 2. The quantitative estimate of drug-likeness (QED) is 0.469. The lowest BCUT2D eigenvalue weighted by Crippen LogP contribution is -2.41. The van der Waals surface area contributed by atoms with Crippen LogP contribution in [0.5, 0.6) is 0 Å². The second kappa shape index (κ2) is 10.4. The lowest BCUT2D eigenvalue weighted by Gasteiger charge is -2.38. The van der Waals surface area contributed by atoms with Gasteiger partial charge in [-0.05, 0) is 36.9 Å².